The van der Waals surface area contributed by atoms with Crippen LogP contribution in [-0.4, -0.2) is 0 Å². The highest BCUT2D eigenvalue weighted by Gasteiger charge is 2.32. The van der Waals surface area contributed by atoms with Crippen molar-refractivity contribution in [3.8, 4) is 0 Å². The smallest absolute Gasteiger partial charge is 0.124 e. The zero-order valence-electron chi connectivity index (χ0n) is 24.2. The molecule has 0 spiro atoms. The first-order chi connectivity index (χ1) is 23.3. The fraction of sp³-hybridized carbons (Fsp3) is 0. The summed E-state index contributed by atoms with van der Waals surface area (Å²) in [5, 5.41) is 14.5. The van der Waals surface area contributed by atoms with E-state index in [1.165, 1.54) is 72.8 Å². The first-order valence-corrected chi connectivity index (χ1v) is 15.6. The van der Waals surface area contributed by atoms with Crippen molar-refractivity contribution in [3.63, 3.8) is 0 Å². The Kier molecular flexibility index (Phi) is 3.63. The minimum Gasteiger partial charge on any atom is -0.207 e. The van der Waals surface area contributed by atoms with Gasteiger partial charge in [-0.3, -0.25) is 0 Å². The number of rotatable bonds is 0. The van der Waals surface area contributed by atoms with Crippen molar-refractivity contribution in [3.05, 3.63) is 108 Å². The molecule has 0 atom stereocenters. The van der Waals surface area contributed by atoms with Gasteiger partial charge in [-0.1, -0.05) is 0 Å². The van der Waals surface area contributed by atoms with Gasteiger partial charge in [0, 0.05) is 0 Å². The van der Waals surface area contributed by atoms with Gasteiger partial charge in [0.15, 0.2) is 0 Å². The lowest BCUT2D eigenvalue weighted by molar-refractivity contribution is 0.629. The third-order valence-corrected chi connectivity index (χ3v) is 11.4. The monoisotopic (exact) mass is 630 g/mol. The van der Waals surface area contributed by atoms with E-state index in [2.05, 4.69) is 0 Å². The van der Waals surface area contributed by atoms with Gasteiger partial charge in [0.25, 0.3) is 0 Å². The normalized spacial score (nSPS) is 13.6. The largest absolute Gasteiger partial charge is 0.207 e. The summed E-state index contributed by atoms with van der Waals surface area (Å²) in [7, 11) is 0. The van der Waals surface area contributed by atoms with Crippen LogP contribution in [0.15, 0.2) is 72.8 Å². The van der Waals surface area contributed by atoms with Crippen LogP contribution in [-0.2, 0) is 0 Å². The SMILES string of the molecule is Fc1cc2c3cc(F)cc4c5cc(F)cc6c7cc(F)cc8c9cc(F)cc%10c%11cc(F)cc%12c(c1)c2c1c(c34)c(c56)c(c78)c(c%109)c1c%12%11. The van der Waals surface area contributed by atoms with Crippen LogP contribution in [0.4, 0.5) is 26.3 Å². The van der Waals surface area contributed by atoms with E-state index in [1.54, 1.807) is 0 Å². The Morgan fingerprint density at radius 1 is 0.167 bits per heavy atom. The van der Waals surface area contributed by atoms with Gasteiger partial charge in [-0.2, -0.15) is 0 Å². The molecule has 0 saturated heterocycles. The molecule has 48 heavy (non-hydrogen) atoms. The predicted molar refractivity (Wildman–Crippen MR) is 183 cm³/mol. The first kappa shape index (κ1) is 24.3. The second-order valence-electron chi connectivity index (χ2n) is 13.5. The number of hydrogen-bond acceptors (Lipinski definition) is 0. The lowest BCUT2D eigenvalue weighted by atomic mass is 9.73. The van der Waals surface area contributed by atoms with E-state index in [1.807, 2.05) is 0 Å². The van der Waals surface area contributed by atoms with Crippen LogP contribution in [0.3, 0.4) is 0 Å². The maximum Gasteiger partial charge on any atom is 0.124 e. The standard InChI is InChI=1S/C42H12F6/c43-13-1-19-20-3-14(44)4-23-24-6-16(46)8-27-29-11-18(48)12-30-28-10-17(47)9-26-25-7-15(45)5-22-21(2-13)31(19)37-38(32(20)23)40(34(24)27)42(36(29)30)41(35(26)28)39(37)33(22)25/h1-12H. The minimum atomic E-state index is -0.569. The Bertz CT molecular complexity index is 2800. The summed E-state index contributed by atoms with van der Waals surface area (Å²) in [6.07, 6.45) is 0. The molecule has 0 fully saturated rings. The van der Waals surface area contributed by atoms with Gasteiger partial charge >= 0.3 is 0 Å². The van der Waals surface area contributed by atoms with Crippen LogP contribution in [0.25, 0.3) is 129 Å². The quantitative estimate of drug-likeness (QED) is 0.0889. The molecule has 0 radical (unpaired) electrons. The lowest BCUT2D eigenvalue weighted by Gasteiger charge is -2.29. The fourth-order valence-electron chi connectivity index (χ4n) is 10.1. The maximum atomic E-state index is 15.7. The summed E-state index contributed by atoms with van der Waals surface area (Å²) >= 11 is 0. The van der Waals surface area contributed by atoms with Gasteiger partial charge < -0.3 is 0 Å². The van der Waals surface area contributed by atoms with Crippen molar-refractivity contribution in [1.82, 2.24) is 0 Å². The van der Waals surface area contributed by atoms with Crippen LogP contribution in [0.1, 0.15) is 0 Å². The number of fused-ring (bicyclic) bond motifs is 6. The highest BCUT2D eigenvalue weighted by molar-refractivity contribution is 6.61. The zero-order chi connectivity index (χ0) is 31.8. The molecule has 0 aliphatic rings. The predicted octanol–water partition coefficient (Wildman–Crippen LogP) is 13.0. The molecule has 6 heteroatoms. The summed E-state index contributed by atoms with van der Waals surface area (Å²) in [6.45, 7) is 0. The van der Waals surface area contributed by atoms with Crippen molar-refractivity contribution in [2.75, 3.05) is 0 Å². The van der Waals surface area contributed by atoms with Crippen molar-refractivity contribution in [2.24, 2.45) is 0 Å². The van der Waals surface area contributed by atoms with E-state index in [-0.39, 0.29) is 0 Å². The Labute approximate surface area is 262 Å². The minimum absolute atomic E-state index is 0.466. The molecule has 0 bridgehead atoms. The molecular weight excluding hydrogens is 618 g/mol. The number of halogens is 6. The van der Waals surface area contributed by atoms with Crippen LogP contribution in [0, 0.1) is 34.9 Å². The lowest BCUT2D eigenvalue weighted by Crippen LogP contribution is -2.02. The highest BCUT2D eigenvalue weighted by atomic mass is 19.1. The third kappa shape index (κ3) is 2.34. The topological polar surface area (TPSA) is 0 Å². The molecule has 13 aromatic carbocycles. The Morgan fingerprint density at radius 2 is 0.271 bits per heavy atom. The van der Waals surface area contributed by atoms with Crippen LogP contribution >= 0.6 is 0 Å². The Balaban J connectivity index is 1.61. The van der Waals surface area contributed by atoms with E-state index in [0.29, 0.717) is 97.0 Å². The molecule has 0 aliphatic carbocycles. The van der Waals surface area contributed by atoms with Gasteiger partial charge in [-0.25, -0.2) is 26.3 Å². The molecule has 0 amide bonds. The number of hydrogen-bond donors (Lipinski definition) is 0. The molecular formula is C42H12F6. The summed E-state index contributed by atoms with van der Waals surface area (Å²) in [5.41, 5.74) is 0. The molecule has 0 N–H and O–H groups in total. The second-order valence-corrected chi connectivity index (χ2v) is 13.5. The van der Waals surface area contributed by atoms with E-state index in [4.69, 9.17) is 0 Å². The molecule has 0 aromatic heterocycles. The molecule has 0 saturated carbocycles. The summed E-state index contributed by atoms with van der Waals surface area (Å²) in [6, 6.07) is 16.7. The average Bonchev–Trinajstić information content (AvgIpc) is 3.05. The summed E-state index contributed by atoms with van der Waals surface area (Å²) in [4.78, 5) is 0. The molecule has 0 unspecified atom stereocenters. The second kappa shape index (κ2) is 7.16. The van der Waals surface area contributed by atoms with Crippen molar-refractivity contribution in [2.45, 2.75) is 0 Å². The number of benzene rings is 13. The van der Waals surface area contributed by atoms with E-state index in [0.717, 1.165) is 32.3 Å². The first-order valence-electron chi connectivity index (χ1n) is 15.6. The van der Waals surface area contributed by atoms with Crippen LogP contribution in [0.5, 0.6) is 0 Å². The third-order valence-electron chi connectivity index (χ3n) is 11.4. The molecule has 0 aliphatic heterocycles. The van der Waals surface area contributed by atoms with Crippen molar-refractivity contribution in [1.29, 1.82) is 0 Å². The highest BCUT2D eigenvalue weighted by Crippen LogP contribution is 2.60. The molecule has 222 valence electrons. The maximum absolute atomic E-state index is 15.7. The van der Waals surface area contributed by atoms with Crippen molar-refractivity contribution < 1.29 is 26.3 Å². The zero-order valence-corrected chi connectivity index (χ0v) is 24.2. The van der Waals surface area contributed by atoms with Crippen molar-refractivity contribution >= 4 is 129 Å². The van der Waals surface area contributed by atoms with Crippen LogP contribution < -0.4 is 0 Å². The van der Waals surface area contributed by atoms with Gasteiger partial charge in [-0.05, 0) is 202 Å². The van der Waals surface area contributed by atoms with E-state index in [9.17, 15) is 0 Å². The van der Waals surface area contributed by atoms with Gasteiger partial charge in [0.05, 0.1) is 0 Å². The van der Waals surface area contributed by atoms with Gasteiger partial charge in [0.2, 0.25) is 0 Å². The van der Waals surface area contributed by atoms with E-state index >= 15 is 26.3 Å². The summed E-state index contributed by atoms with van der Waals surface area (Å²) < 4.78 is 94.3. The Hall–Kier alpha value is -5.88. The summed E-state index contributed by atoms with van der Waals surface area (Å²) in [5.74, 6) is -3.41. The molecule has 13 rings (SSSR count). The molecule has 13 aromatic rings. The van der Waals surface area contributed by atoms with Gasteiger partial charge in [-0.15, -0.1) is 0 Å². The Morgan fingerprint density at radius 3 is 0.375 bits per heavy atom. The van der Waals surface area contributed by atoms with Gasteiger partial charge in [0.1, 0.15) is 34.9 Å². The fourth-order valence-corrected chi connectivity index (χ4v) is 10.1. The molecule has 0 nitrogen and oxygen atoms in total. The van der Waals surface area contributed by atoms with Crippen LogP contribution in [0.2, 0.25) is 0 Å². The average molecular weight is 631 g/mol. The van der Waals surface area contributed by atoms with E-state index < -0.39 is 34.9 Å². The molecule has 0 heterocycles.